The second kappa shape index (κ2) is 5.27. The number of methoxy groups -OCH3 is 2. The summed E-state index contributed by atoms with van der Waals surface area (Å²) in [6.45, 7) is -0.235. The van der Waals surface area contributed by atoms with E-state index in [-0.39, 0.29) is 28.1 Å². The number of hydrogen-bond acceptors (Lipinski definition) is 4. The number of halogens is 2. The Morgan fingerprint density at radius 3 is 2.56 bits per heavy atom. The quantitative estimate of drug-likeness (QED) is 0.859. The maximum atomic E-state index is 13.5. The van der Waals surface area contributed by atoms with Crippen molar-refractivity contribution in [3.05, 3.63) is 21.9 Å². The highest BCUT2D eigenvalue weighted by atomic mass is 79.9. The minimum absolute atomic E-state index is 0.0283. The van der Waals surface area contributed by atoms with Crippen molar-refractivity contribution in [1.29, 1.82) is 0 Å². The second-order valence-corrected chi connectivity index (χ2v) is 3.70. The maximum Gasteiger partial charge on any atom is 0.181 e. The van der Waals surface area contributed by atoms with Gasteiger partial charge in [-0.05, 0) is 15.9 Å². The average Bonchev–Trinajstić information content (AvgIpc) is 2.30. The van der Waals surface area contributed by atoms with Crippen LogP contribution in [0.3, 0.4) is 0 Å². The SMILES string of the molecule is COc1cc(F)c(Br)c(C(=O)CN)c1OC. The Labute approximate surface area is 101 Å². The van der Waals surface area contributed by atoms with Crippen LogP contribution in [0.1, 0.15) is 10.4 Å². The first-order valence-electron chi connectivity index (χ1n) is 4.40. The molecule has 6 heteroatoms. The van der Waals surface area contributed by atoms with Crippen LogP contribution in [0.25, 0.3) is 0 Å². The molecule has 0 heterocycles. The molecule has 0 bridgehead atoms. The summed E-state index contributed by atoms with van der Waals surface area (Å²) in [6.07, 6.45) is 0. The van der Waals surface area contributed by atoms with Crippen LogP contribution in [0.2, 0.25) is 0 Å². The lowest BCUT2D eigenvalue weighted by atomic mass is 10.1. The van der Waals surface area contributed by atoms with Crippen LogP contribution in [0.4, 0.5) is 4.39 Å². The van der Waals surface area contributed by atoms with Gasteiger partial charge in [-0.1, -0.05) is 0 Å². The van der Waals surface area contributed by atoms with Crippen molar-refractivity contribution in [3.63, 3.8) is 0 Å². The molecule has 1 aromatic carbocycles. The largest absolute Gasteiger partial charge is 0.493 e. The number of rotatable bonds is 4. The van der Waals surface area contributed by atoms with E-state index >= 15 is 0 Å². The van der Waals surface area contributed by atoms with E-state index in [0.717, 1.165) is 6.07 Å². The van der Waals surface area contributed by atoms with E-state index in [0.29, 0.717) is 0 Å². The molecule has 0 radical (unpaired) electrons. The molecule has 0 aromatic heterocycles. The normalized spacial score (nSPS) is 10.1. The molecule has 0 aliphatic heterocycles. The summed E-state index contributed by atoms with van der Waals surface area (Å²) in [5.74, 6) is -0.706. The molecule has 16 heavy (non-hydrogen) atoms. The van der Waals surface area contributed by atoms with Gasteiger partial charge >= 0.3 is 0 Å². The van der Waals surface area contributed by atoms with Crippen molar-refractivity contribution in [2.75, 3.05) is 20.8 Å². The topological polar surface area (TPSA) is 61.5 Å². The fourth-order valence-corrected chi connectivity index (χ4v) is 1.81. The summed E-state index contributed by atoms with van der Waals surface area (Å²) < 4.78 is 23.4. The van der Waals surface area contributed by atoms with Gasteiger partial charge in [0.15, 0.2) is 17.3 Å². The molecule has 0 atom stereocenters. The maximum absolute atomic E-state index is 13.5. The first-order valence-corrected chi connectivity index (χ1v) is 5.19. The van der Waals surface area contributed by atoms with Crippen molar-refractivity contribution < 1.29 is 18.7 Å². The van der Waals surface area contributed by atoms with Crippen LogP contribution in [-0.4, -0.2) is 26.5 Å². The average molecular weight is 292 g/mol. The predicted molar refractivity (Wildman–Crippen MR) is 60.6 cm³/mol. The zero-order valence-electron chi connectivity index (χ0n) is 8.84. The van der Waals surface area contributed by atoms with Gasteiger partial charge in [-0.25, -0.2) is 4.39 Å². The lowest BCUT2D eigenvalue weighted by Gasteiger charge is -2.13. The third-order valence-corrected chi connectivity index (χ3v) is 2.80. The Morgan fingerprint density at radius 2 is 2.12 bits per heavy atom. The van der Waals surface area contributed by atoms with E-state index in [1.165, 1.54) is 14.2 Å². The molecule has 0 unspecified atom stereocenters. The molecule has 1 aromatic rings. The number of benzene rings is 1. The molecule has 0 aliphatic carbocycles. The predicted octanol–water partition coefficient (Wildman–Crippen LogP) is 1.75. The molecule has 0 amide bonds. The molecule has 0 fully saturated rings. The van der Waals surface area contributed by atoms with Gasteiger partial charge < -0.3 is 15.2 Å². The third kappa shape index (κ3) is 2.17. The number of ether oxygens (including phenoxy) is 2. The van der Waals surface area contributed by atoms with Crippen LogP contribution in [0.15, 0.2) is 10.5 Å². The highest BCUT2D eigenvalue weighted by molar-refractivity contribution is 9.10. The minimum atomic E-state index is -0.602. The monoisotopic (exact) mass is 291 g/mol. The molecule has 0 saturated heterocycles. The van der Waals surface area contributed by atoms with E-state index < -0.39 is 11.6 Å². The van der Waals surface area contributed by atoms with Crippen LogP contribution in [0, 0.1) is 5.82 Å². The Balaban J connectivity index is 3.53. The van der Waals surface area contributed by atoms with Crippen LogP contribution in [0.5, 0.6) is 11.5 Å². The van der Waals surface area contributed by atoms with Gasteiger partial charge in [0.05, 0.1) is 30.8 Å². The Kier molecular flexibility index (Phi) is 4.26. The van der Waals surface area contributed by atoms with Crippen molar-refractivity contribution >= 4 is 21.7 Å². The molecule has 2 N–H and O–H groups in total. The number of carbonyl (C=O) groups is 1. The Hall–Kier alpha value is -1.14. The van der Waals surface area contributed by atoms with Gasteiger partial charge in [-0.15, -0.1) is 0 Å². The third-order valence-electron chi connectivity index (χ3n) is 2.03. The van der Waals surface area contributed by atoms with Crippen molar-refractivity contribution in [2.24, 2.45) is 5.73 Å². The first kappa shape index (κ1) is 12.9. The van der Waals surface area contributed by atoms with E-state index in [1.54, 1.807) is 0 Å². The Morgan fingerprint density at radius 1 is 1.50 bits per heavy atom. The van der Waals surface area contributed by atoms with E-state index in [1.807, 2.05) is 0 Å². The number of Topliss-reactive ketones (excluding diaryl/α,β-unsaturated/α-hetero) is 1. The zero-order chi connectivity index (χ0) is 12.3. The van der Waals surface area contributed by atoms with Crippen molar-refractivity contribution in [3.8, 4) is 11.5 Å². The molecule has 0 spiro atoms. The number of ketones is 1. The number of carbonyl (C=O) groups excluding carboxylic acids is 1. The second-order valence-electron chi connectivity index (χ2n) is 2.91. The molecular formula is C10H11BrFNO3. The van der Waals surface area contributed by atoms with Gasteiger partial charge in [0.25, 0.3) is 0 Å². The molecule has 0 saturated carbocycles. The zero-order valence-corrected chi connectivity index (χ0v) is 10.4. The van der Waals surface area contributed by atoms with Crippen molar-refractivity contribution in [2.45, 2.75) is 0 Å². The van der Waals surface area contributed by atoms with Gasteiger partial charge in [0, 0.05) is 6.07 Å². The van der Waals surface area contributed by atoms with Crippen molar-refractivity contribution in [1.82, 2.24) is 0 Å². The van der Waals surface area contributed by atoms with Gasteiger partial charge in [0.2, 0.25) is 0 Å². The van der Waals surface area contributed by atoms with Crippen LogP contribution in [-0.2, 0) is 0 Å². The van der Waals surface area contributed by atoms with Gasteiger partial charge in [-0.3, -0.25) is 4.79 Å². The summed E-state index contributed by atoms with van der Waals surface area (Å²) in [7, 11) is 2.73. The number of nitrogens with two attached hydrogens (primary N) is 1. The summed E-state index contributed by atoms with van der Waals surface area (Å²) in [6, 6.07) is 1.14. The lowest BCUT2D eigenvalue weighted by Crippen LogP contribution is -2.16. The molecule has 4 nitrogen and oxygen atoms in total. The Bertz CT molecular complexity index is 423. The fraction of sp³-hybridized carbons (Fsp3) is 0.300. The molecule has 88 valence electrons. The summed E-state index contributed by atoms with van der Waals surface area (Å²) >= 11 is 2.99. The highest BCUT2D eigenvalue weighted by Gasteiger charge is 2.22. The summed E-state index contributed by atoms with van der Waals surface area (Å²) in [5, 5.41) is 0. The fourth-order valence-electron chi connectivity index (χ4n) is 1.29. The van der Waals surface area contributed by atoms with Crippen LogP contribution < -0.4 is 15.2 Å². The van der Waals surface area contributed by atoms with E-state index in [9.17, 15) is 9.18 Å². The summed E-state index contributed by atoms with van der Waals surface area (Å²) in [4.78, 5) is 11.6. The first-order chi connectivity index (χ1) is 7.56. The standard InChI is InChI=1S/C10H11BrFNO3/c1-15-7-3-5(12)9(11)8(6(14)4-13)10(7)16-2/h3H,4,13H2,1-2H3. The van der Waals surface area contributed by atoms with E-state index in [2.05, 4.69) is 15.9 Å². The van der Waals surface area contributed by atoms with E-state index in [4.69, 9.17) is 15.2 Å². The molecule has 1 rings (SSSR count). The molecule has 0 aliphatic rings. The molecular weight excluding hydrogens is 281 g/mol. The number of hydrogen-bond donors (Lipinski definition) is 1. The van der Waals surface area contributed by atoms with Gasteiger partial charge in [-0.2, -0.15) is 0 Å². The highest BCUT2D eigenvalue weighted by Crippen LogP contribution is 2.38. The summed E-state index contributed by atoms with van der Waals surface area (Å²) in [5.41, 5.74) is 5.31. The van der Waals surface area contributed by atoms with Crippen LogP contribution >= 0.6 is 15.9 Å². The van der Waals surface area contributed by atoms with Gasteiger partial charge in [0.1, 0.15) is 5.82 Å². The lowest BCUT2D eigenvalue weighted by molar-refractivity contribution is 0.0996. The smallest absolute Gasteiger partial charge is 0.181 e. The minimum Gasteiger partial charge on any atom is -0.493 e.